The number of hydrogen-bond acceptors (Lipinski definition) is 3. The summed E-state index contributed by atoms with van der Waals surface area (Å²) in [4.78, 5) is 4.17. The molecular weight excluding hydrogens is 292 g/mol. The fraction of sp³-hybridized carbons (Fsp3) is 0.214. The Morgan fingerprint density at radius 2 is 2.11 bits per heavy atom. The number of nitrogens with one attached hydrogen (secondary N) is 1. The van der Waals surface area contributed by atoms with Crippen LogP contribution in [0.3, 0.4) is 0 Å². The van der Waals surface area contributed by atoms with Crippen LogP contribution >= 0.6 is 15.9 Å². The zero-order chi connectivity index (χ0) is 13.0. The molecule has 1 N–H and O–H groups in total. The van der Waals surface area contributed by atoms with E-state index in [0.717, 1.165) is 33.6 Å². The highest BCUT2D eigenvalue weighted by molar-refractivity contribution is 9.10. The summed E-state index contributed by atoms with van der Waals surface area (Å²) in [5.41, 5.74) is 2.19. The largest absolute Gasteiger partial charge is 0.455 e. The Hall–Kier alpha value is -1.39. The third kappa shape index (κ3) is 3.31. The molecule has 0 bridgehead atoms. The molecule has 0 fully saturated rings. The van der Waals surface area contributed by atoms with Gasteiger partial charge in [0.2, 0.25) is 0 Å². The maximum Gasteiger partial charge on any atom is 0.146 e. The van der Waals surface area contributed by atoms with Crippen molar-refractivity contribution in [3.05, 3.63) is 52.3 Å². The minimum Gasteiger partial charge on any atom is -0.455 e. The van der Waals surface area contributed by atoms with Crippen LogP contribution in [0.4, 0.5) is 0 Å². The van der Waals surface area contributed by atoms with Gasteiger partial charge in [-0.3, -0.25) is 4.98 Å². The van der Waals surface area contributed by atoms with Gasteiger partial charge in [-0.25, -0.2) is 0 Å². The van der Waals surface area contributed by atoms with Crippen molar-refractivity contribution in [3.8, 4) is 11.5 Å². The molecule has 2 rings (SSSR count). The standard InChI is InChI=1S/C14H15BrN2O/c1-10-3-4-12(15)6-14(10)18-13-5-11(7-16-2)8-17-9-13/h3-6,8-9,16H,7H2,1-2H3. The van der Waals surface area contributed by atoms with Gasteiger partial charge in [0, 0.05) is 17.2 Å². The van der Waals surface area contributed by atoms with Gasteiger partial charge in [-0.05, 0) is 43.3 Å². The molecule has 2 aromatic rings. The summed E-state index contributed by atoms with van der Waals surface area (Å²) < 4.78 is 6.86. The number of halogens is 1. The Morgan fingerprint density at radius 1 is 1.28 bits per heavy atom. The van der Waals surface area contributed by atoms with Crippen LogP contribution in [0.2, 0.25) is 0 Å². The van der Waals surface area contributed by atoms with Crippen molar-refractivity contribution in [2.45, 2.75) is 13.5 Å². The second-order valence-corrected chi connectivity index (χ2v) is 4.99. The van der Waals surface area contributed by atoms with Crippen LogP contribution in [0.25, 0.3) is 0 Å². The number of pyridine rings is 1. The SMILES string of the molecule is CNCc1cncc(Oc2cc(Br)ccc2C)c1. The predicted octanol–water partition coefficient (Wildman–Crippen LogP) is 3.66. The molecule has 0 saturated carbocycles. The van der Waals surface area contributed by atoms with Crippen LogP contribution < -0.4 is 10.1 Å². The van der Waals surface area contributed by atoms with Crippen LogP contribution in [0.5, 0.6) is 11.5 Å². The summed E-state index contributed by atoms with van der Waals surface area (Å²) in [6.45, 7) is 2.80. The summed E-state index contributed by atoms with van der Waals surface area (Å²) in [7, 11) is 1.91. The van der Waals surface area contributed by atoms with Crippen molar-refractivity contribution in [3.63, 3.8) is 0 Å². The molecule has 0 radical (unpaired) electrons. The van der Waals surface area contributed by atoms with E-state index in [-0.39, 0.29) is 0 Å². The molecule has 1 aromatic heterocycles. The van der Waals surface area contributed by atoms with E-state index in [0.29, 0.717) is 0 Å². The average molecular weight is 307 g/mol. The van der Waals surface area contributed by atoms with Crippen LogP contribution in [-0.2, 0) is 6.54 Å². The quantitative estimate of drug-likeness (QED) is 0.936. The number of ether oxygens (including phenoxy) is 1. The van der Waals surface area contributed by atoms with Crippen LogP contribution in [0, 0.1) is 6.92 Å². The number of rotatable bonds is 4. The van der Waals surface area contributed by atoms with E-state index in [1.165, 1.54) is 0 Å². The lowest BCUT2D eigenvalue weighted by molar-refractivity contribution is 0.475. The summed E-state index contributed by atoms with van der Waals surface area (Å²) in [6.07, 6.45) is 3.55. The first-order valence-electron chi connectivity index (χ1n) is 5.71. The number of benzene rings is 1. The molecule has 3 nitrogen and oxygen atoms in total. The Bertz CT molecular complexity index is 543. The highest BCUT2D eigenvalue weighted by Gasteiger charge is 2.03. The van der Waals surface area contributed by atoms with Gasteiger partial charge in [0.25, 0.3) is 0 Å². The second kappa shape index (κ2) is 5.98. The average Bonchev–Trinajstić information content (AvgIpc) is 2.35. The van der Waals surface area contributed by atoms with E-state index in [4.69, 9.17) is 4.74 Å². The lowest BCUT2D eigenvalue weighted by atomic mass is 10.2. The zero-order valence-corrected chi connectivity index (χ0v) is 12.0. The van der Waals surface area contributed by atoms with E-state index in [1.807, 2.05) is 44.4 Å². The summed E-state index contributed by atoms with van der Waals surface area (Å²) in [5, 5.41) is 3.09. The molecule has 0 aliphatic rings. The molecule has 0 aliphatic heterocycles. The molecule has 0 saturated heterocycles. The molecular formula is C14H15BrN2O. The van der Waals surface area contributed by atoms with E-state index < -0.39 is 0 Å². The zero-order valence-electron chi connectivity index (χ0n) is 10.4. The van der Waals surface area contributed by atoms with Gasteiger partial charge in [0.1, 0.15) is 11.5 Å². The molecule has 1 aromatic carbocycles. The monoisotopic (exact) mass is 306 g/mol. The Labute approximate surface area is 115 Å². The Balaban J connectivity index is 2.22. The number of aromatic nitrogens is 1. The van der Waals surface area contributed by atoms with Crippen molar-refractivity contribution >= 4 is 15.9 Å². The Morgan fingerprint density at radius 3 is 2.89 bits per heavy atom. The first kappa shape index (κ1) is 13.1. The minimum absolute atomic E-state index is 0.754. The van der Waals surface area contributed by atoms with Crippen LogP contribution in [-0.4, -0.2) is 12.0 Å². The maximum atomic E-state index is 5.86. The van der Waals surface area contributed by atoms with E-state index in [9.17, 15) is 0 Å². The lowest BCUT2D eigenvalue weighted by Crippen LogP contribution is -2.05. The summed E-state index contributed by atoms with van der Waals surface area (Å²) >= 11 is 3.44. The first-order valence-corrected chi connectivity index (χ1v) is 6.51. The van der Waals surface area contributed by atoms with Crippen molar-refractivity contribution < 1.29 is 4.74 Å². The third-order valence-electron chi connectivity index (χ3n) is 2.53. The second-order valence-electron chi connectivity index (χ2n) is 4.07. The summed E-state index contributed by atoms with van der Waals surface area (Å²) in [6, 6.07) is 7.96. The molecule has 0 amide bonds. The van der Waals surface area contributed by atoms with Gasteiger partial charge in [0.15, 0.2) is 0 Å². The Kier molecular flexibility index (Phi) is 4.33. The maximum absolute atomic E-state index is 5.86. The topological polar surface area (TPSA) is 34.2 Å². The van der Waals surface area contributed by atoms with Gasteiger partial charge >= 0.3 is 0 Å². The number of nitrogens with zero attached hydrogens (tertiary/aromatic N) is 1. The number of aryl methyl sites for hydroxylation is 1. The highest BCUT2D eigenvalue weighted by atomic mass is 79.9. The predicted molar refractivity (Wildman–Crippen MR) is 76.0 cm³/mol. The normalized spacial score (nSPS) is 10.4. The van der Waals surface area contributed by atoms with Crippen molar-refractivity contribution in [2.75, 3.05) is 7.05 Å². The van der Waals surface area contributed by atoms with Gasteiger partial charge < -0.3 is 10.1 Å². The first-order chi connectivity index (χ1) is 8.69. The van der Waals surface area contributed by atoms with Crippen molar-refractivity contribution in [2.24, 2.45) is 0 Å². The molecule has 0 spiro atoms. The highest BCUT2D eigenvalue weighted by Crippen LogP contribution is 2.28. The van der Waals surface area contributed by atoms with Gasteiger partial charge in [-0.15, -0.1) is 0 Å². The smallest absolute Gasteiger partial charge is 0.146 e. The van der Waals surface area contributed by atoms with E-state index >= 15 is 0 Å². The van der Waals surface area contributed by atoms with Crippen molar-refractivity contribution in [1.82, 2.24) is 10.3 Å². The lowest BCUT2D eigenvalue weighted by Gasteiger charge is -2.09. The van der Waals surface area contributed by atoms with E-state index in [2.05, 4.69) is 26.2 Å². The molecule has 18 heavy (non-hydrogen) atoms. The molecule has 0 atom stereocenters. The fourth-order valence-corrected chi connectivity index (χ4v) is 1.97. The molecule has 4 heteroatoms. The molecule has 0 unspecified atom stereocenters. The van der Waals surface area contributed by atoms with Crippen LogP contribution in [0.15, 0.2) is 41.1 Å². The van der Waals surface area contributed by atoms with Crippen LogP contribution in [0.1, 0.15) is 11.1 Å². The minimum atomic E-state index is 0.754. The van der Waals surface area contributed by atoms with Gasteiger partial charge in [-0.2, -0.15) is 0 Å². The summed E-state index contributed by atoms with van der Waals surface area (Å²) in [5.74, 6) is 1.59. The van der Waals surface area contributed by atoms with E-state index in [1.54, 1.807) is 6.20 Å². The number of hydrogen-bond donors (Lipinski definition) is 1. The van der Waals surface area contributed by atoms with Gasteiger partial charge in [0.05, 0.1) is 6.20 Å². The third-order valence-corrected chi connectivity index (χ3v) is 3.02. The van der Waals surface area contributed by atoms with Gasteiger partial charge in [-0.1, -0.05) is 22.0 Å². The molecule has 0 aliphatic carbocycles. The molecule has 94 valence electrons. The van der Waals surface area contributed by atoms with Crippen molar-refractivity contribution in [1.29, 1.82) is 0 Å². The fourth-order valence-electron chi connectivity index (χ4n) is 1.63. The molecule has 1 heterocycles.